The molecule has 5 aromatic rings. The fourth-order valence-electron chi connectivity index (χ4n) is 5.05. The lowest BCUT2D eigenvalue weighted by molar-refractivity contribution is 0.604. The fourth-order valence-corrected chi connectivity index (χ4v) is 10.3. The van der Waals surface area contributed by atoms with Crippen LogP contribution in [0, 0.1) is 11.8 Å². The molecule has 0 spiro atoms. The van der Waals surface area contributed by atoms with Crippen molar-refractivity contribution in [2.24, 2.45) is 11.8 Å². The minimum Gasteiger partial charge on any atom is -0.140 e. The van der Waals surface area contributed by atoms with Crippen molar-refractivity contribution in [1.29, 1.82) is 0 Å². The van der Waals surface area contributed by atoms with Gasteiger partial charge in [0.2, 0.25) is 0 Å². The van der Waals surface area contributed by atoms with Crippen molar-refractivity contribution >= 4 is 65.5 Å². The summed E-state index contributed by atoms with van der Waals surface area (Å²) in [6, 6.07) is 14.6. The van der Waals surface area contributed by atoms with Crippen LogP contribution in [0.1, 0.15) is 88.7 Å². The highest BCUT2D eigenvalue weighted by atomic mass is 32.1. The zero-order valence-corrected chi connectivity index (χ0v) is 27.9. The molecule has 1 aromatic carbocycles. The van der Waals surface area contributed by atoms with E-state index < -0.39 is 0 Å². The second-order valence-electron chi connectivity index (χ2n) is 13.7. The zero-order chi connectivity index (χ0) is 27.6. The van der Waals surface area contributed by atoms with Crippen molar-refractivity contribution in [3.63, 3.8) is 0 Å². The molecule has 4 heteroatoms. The molecule has 38 heavy (non-hydrogen) atoms. The molecular weight excluding hydrogens is 537 g/mol. The van der Waals surface area contributed by atoms with E-state index >= 15 is 0 Å². The van der Waals surface area contributed by atoms with Gasteiger partial charge in [-0.2, -0.15) is 0 Å². The molecule has 0 N–H and O–H groups in total. The molecule has 0 amide bonds. The van der Waals surface area contributed by atoms with Crippen molar-refractivity contribution in [3.05, 3.63) is 55.9 Å². The molecule has 4 heterocycles. The van der Waals surface area contributed by atoms with E-state index in [1.807, 2.05) is 45.3 Å². The predicted octanol–water partition coefficient (Wildman–Crippen LogP) is 12.6. The normalized spacial score (nSPS) is 13.2. The van der Waals surface area contributed by atoms with Gasteiger partial charge in [-0.1, -0.05) is 69.2 Å². The van der Waals surface area contributed by atoms with Crippen LogP contribution in [0.4, 0.5) is 0 Å². The first kappa shape index (κ1) is 28.1. The van der Waals surface area contributed by atoms with Gasteiger partial charge in [0, 0.05) is 60.6 Å². The molecule has 0 saturated heterocycles. The van der Waals surface area contributed by atoms with E-state index in [0.717, 1.165) is 12.8 Å². The third-order valence-electron chi connectivity index (χ3n) is 6.97. The van der Waals surface area contributed by atoms with Crippen molar-refractivity contribution in [1.82, 2.24) is 0 Å². The third kappa shape index (κ3) is 5.44. The number of hydrogen-bond donors (Lipinski definition) is 0. The number of thiophene rings is 4. The summed E-state index contributed by atoms with van der Waals surface area (Å²) in [4.78, 5) is 8.79. The van der Waals surface area contributed by atoms with E-state index in [9.17, 15) is 0 Å². The van der Waals surface area contributed by atoms with Gasteiger partial charge in [-0.25, -0.2) is 0 Å². The molecule has 4 aromatic heterocycles. The van der Waals surface area contributed by atoms with Crippen molar-refractivity contribution in [2.45, 2.75) is 92.9 Å². The Morgan fingerprint density at radius 1 is 0.553 bits per heavy atom. The van der Waals surface area contributed by atoms with Gasteiger partial charge in [-0.15, -0.1) is 45.3 Å². The number of hydrogen-bond acceptors (Lipinski definition) is 4. The molecule has 0 unspecified atom stereocenters. The van der Waals surface area contributed by atoms with Gasteiger partial charge >= 0.3 is 0 Å². The molecule has 0 radical (unpaired) electrons. The van der Waals surface area contributed by atoms with Crippen LogP contribution in [0.15, 0.2) is 36.4 Å². The summed E-state index contributed by atoms with van der Waals surface area (Å²) in [7, 11) is 0. The van der Waals surface area contributed by atoms with Crippen molar-refractivity contribution in [2.75, 3.05) is 0 Å². The highest BCUT2D eigenvalue weighted by Crippen LogP contribution is 2.53. The van der Waals surface area contributed by atoms with Gasteiger partial charge in [-0.05, 0) is 71.9 Å². The van der Waals surface area contributed by atoms with Gasteiger partial charge in [0.15, 0.2) is 0 Å². The Labute approximate surface area is 245 Å². The molecular formula is C34H42S4. The van der Waals surface area contributed by atoms with Crippen molar-refractivity contribution < 1.29 is 0 Å². The maximum atomic E-state index is 2.53. The molecule has 0 aliphatic carbocycles. The lowest BCUT2D eigenvalue weighted by Gasteiger charge is -2.15. The largest absolute Gasteiger partial charge is 0.140 e. The summed E-state index contributed by atoms with van der Waals surface area (Å²) in [5.74, 6) is 1.34. The van der Waals surface area contributed by atoms with Crippen LogP contribution in [0.25, 0.3) is 41.1 Å². The topological polar surface area (TPSA) is 0 Å². The van der Waals surface area contributed by atoms with Crippen LogP contribution in [0.5, 0.6) is 0 Å². The Bertz CT molecular complexity index is 1410. The van der Waals surface area contributed by atoms with E-state index in [0.29, 0.717) is 11.8 Å². The number of rotatable bonds is 6. The first-order valence-corrected chi connectivity index (χ1v) is 17.2. The van der Waals surface area contributed by atoms with Crippen molar-refractivity contribution in [3.8, 4) is 20.9 Å². The summed E-state index contributed by atoms with van der Waals surface area (Å²) in [6.07, 6.45) is 2.30. The minimum absolute atomic E-state index is 0.124. The molecule has 0 saturated carbocycles. The van der Waals surface area contributed by atoms with Gasteiger partial charge in [0.1, 0.15) is 0 Å². The van der Waals surface area contributed by atoms with Crippen LogP contribution in [0.2, 0.25) is 0 Å². The molecule has 0 aliphatic heterocycles. The predicted molar refractivity (Wildman–Crippen MR) is 178 cm³/mol. The molecule has 0 bridgehead atoms. The third-order valence-corrected chi connectivity index (χ3v) is 12.4. The summed E-state index contributed by atoms with van der Waals surface area (Å²) >= 11 is 8.05. The maximum Gasteiger partial charge on any atom is 0.0446 e. The smallest absolute Gasteiger partial charge is 0.0446 e. The van der Waals surface area contributed by atoms with Crippen LogP contribution in [0.3, 0.4) is 0 Å². The first-order valence-electron chi connectivity index (χ1n) is 13.9. The molecule has 0 fully saturated rings. The van der Waals surface area contributed by atoms with E-state index in [2.05, 4.69) is 106 Å². The van der Waals surface area contributed by atoms with E-state index in [4.69, 9.17) is 0 Å². The van der Waals surface area contributed by atoms with Crippen LogP contribution >= 0.6 is 45.3 Å². The Kier molecular flexibility index (Phi) is 7.52. The monoisotopic (exact) mass is 578 g/mol. The average Bonchev–Trinajstić information content (AvgIpc) is 3.56. The fraction of sp³-hybridized carbons (Fsp3) is 0.471. The standard InChI is InChI=1S/C34H42S4/c1-19(2)15-21-11-13-25(35-21)29-23-17-27(33(5,6)7)38-32(23)30(26-14-12-22(36-26)16-20(3)4)24-18-28(34(8,9)10)37-31(24)29/h11-14,17-20H,15-16H2,1-10H3. The highest BCUT2D eigenvalue weighted by molar-refractivity contribution is 7.24. The molecule has 202 valence electrons. The Morgan fingerprint density at radius 3 is 1.24 bits per heavy atom. The zero-order valence-electron chi connectivity index (χ0n) is 24.7. The molecule has 5 rings (SSSR count). The Hall–Kier alpha value is -1.46. The van der Waals surface area contributed by atoms with Gasteiger partial charge in [0.25, 0.3) is 0 Å². The quantitative estimate of drug-likeness (QED) is 0.188. The summed E-state index contributed by atoms with van der Waals surface area (Å²) < 4.78 is 2.93. The summed E-state index contributed by atoms with van der Waals surface area (Å²) in [5.41, 5.74) is 3.17. The Morgan fingerprint density at radius 2 is 0.921 bits per heavy atom. The minimum atomic E-state index is 0.124. The first-order chi connectivity index (χ1) is 17.7. The molecule has 0 nitrogen and oxygen atoms in total. The SMILES string of the molecule is CC(C)Cc1ccc(-c2c3cc(C(C)(C)C)sc3c(-c3ccc(CC(C)C)s3)c3cc(C(C)(C)C)sc23)s1. The number of fused-ring (bicyclic) bond motifs is 2. The summed E-state index contributed by atoms with van der Waals surface area (Å²) in [5, 5.41) is 2.89. The van der Waals surface area contributed by atoms with Gasteiger partial charge in [0.05, 0.1) is 0 Å². The maximum absolute atomic E-state index is 2.53. The van der Waals surface area contributed by atoms with E-state index in [1.54, 1.807) is 0 Å². The van der Waals surface area contributed by atoms with Gasteiger partial charge in [-0.3, -0.25) is 0 Å². The number of benzene rings is 1. The summed E-state index contributed by atoms with van der Waals surface area (Å²) in [6.45, 7) is 23.4. The van der Waals surface area contributed by atoms with E-state index in [1.165, 1.54) is 60.6 Å². The Balaban J connectivity index is 1.88. The average molecular weight is 579 g/mol. The van der Waals surface area contributed by atoms with E-state index in [-0.39, 0.29) is 10.8 Å². The van der Waals surface area contributed by atoms with Crippen LogP contribution in [-0.2, 0) is 23.7 Å². The van der Waals surface area contributed by atoms with Crippen LogP contribution < -0.4 is 0 Å². The second-order valence-corrected chi connectivity index (χ2v) is 18.1. The molecule has 0 aliphatic rings. The molecule has 0 atom stereocenters. The van der Waals surface area contributed by atoms with Crippen LogP contribution in [-0.4, -0.2) is 0 Å². The highest BCUT2D eigenvalue weighted by Gasteiger charge is 2.28. The van der Waals surface area contributed by atoms with Gasteiger partial charge < -0.3 is 0 Å². The lowest BCUT2D eigenvalue weighted by atomic mass is 9.92. The second kappa shape index (κ2) is 10.2. The lowest BCUT2D eigenvalue weighted by Crippen LogP contribution is -2.07.